The minimum atomic E-state index is -4.55. The molecule has 90 valence electrons. The van der Waals surface area contributed by atoms with E-state index in [0.29, 0.717) is 4.90 Å². The number of amides is 1. The number of carbonyl (C=O) groups excluding carboxylic acids is 1. The number of aliphatic hydroxyl groups is 2. The molecule has 0 fully saturated rings. The van der Waals surface area contributed by atoms with Gasteiger partial charge in [-0.3, -0.25) is 4.79 Å². The first-order chi connectivity index (χ1) is 6.58. The van der Waals surface area contributed by atoms with Crippen LogP contribution in [0.5, 0.6) is 0 Å². The van der Waals surface area contributed by atoms with Crippen LogP contribution < -0.4 is 0 Å². The molecular formula is C8H14F3NO3. The van der Waals surface area contributed by atoms with E-state index in [-0.39, 0.29) is 0 Å². The molecule has 0 radical (unpaired) electrons. The van der Waals surface area contributed by atoms with Crippen LogP contribution in [0.3, 0.4) is 0 Å². The molecule has 0 aromatic heterocycles. The van der Waals surface area contributed by atoms with E-state index in [1.165, 1.54) is 0 Å². The molecule has 0 heterocycles. The molecule has 0 saturated carbocycles. The van der Waals surface area contributed by atoms with Gasteiger partial charge in [0, 0.05) is 6.54 Å². The van der Waals surface area contributed by atoms with Gasteiger partial charge >= 0.3 is 6.18 Å². The van der Waals surface area contributed by atoms with Crippen LogP contribution in [0.1, 0.15) is 13.8 Å². The van der Waals surface area contributed by atoms with Crippen molar-refractivity contribution in [3.63, 3.8) is 0 Å². The molecule has 15 heavy (non-hydrogen) atoms. The van der Waals surface area contributed by atoms with E-state index >= 15 is 0 Å². The highest BCUT2D eigenvalue weighted by molar-refractivity contribution is 5.84. The summed E-state index contributed by atoms with van der Waals surface area (Å²) in [7, 11) is 0. The van der Waals surface area contributed by atoms with Crippen LogP contribution in [0, 0.1) is 0 Å². The van der Waals surface area contributed by atoms with Crippen LogP contribution in [-0.2, 0) is 4.79 Å². The minimum Gasteiger partial charge on any atom is -0.395 e. The molecule has 2 N–H and O–H groups in total. The Hall–Kier alpha value is -0.820. The van der Waals surface area contributed by atoms with Crippen LogP contribution in [0.4, 0.5) is 13.2 Å². The maximum absolute atomic E-state index is 12.0. The predicted molar refractivity (Wildman–Crippen MR) is 46.0 cm³/mol. The van der Waals surface area contributed by atoms with E-state index in [1.807, 2.05) is 0 Å². The third-order valence-corrected chi connectivity index (χ3v) is 1.55. The first-order valence-corrected chi connectivity index (χ1v) is 4.27. The van der Waals surface area contributed by atoms with Gasteiger partial charge in [-0.1, -0.05) is 0 Å². The number of nitrogens with zero attached hydrogens (tertiary/aromatic N) is 1. The summed E-state index contributed by atoms with van der Waals surface area (Å²) in [6.45, 7) is -0.331. The summed E-state index contributed by atoms with van der Waals surface area (Å²) in [4.78, 5) is 11.7. The van der Waals surface area contributed by atoms with E-state index < -0.39 is 37.4 Å². The van der Waals surface area contributed by atoms with Gasteiger partial charge in [-0.25, -0.2) is 0 Å². The zero-order valence-electron chi connectivity index (χ0n) is 8.51. The van der Waals surface area contributed by atoms with Crippen LogP contribution in [0.25, 0.3) is 0 Å². The topological polar surface area (TPSA) is 60.8 Å². The summed E-state index contributed by atoms with van der Waals surface area (Å²) in [5.41, 5.74) is -1.87. The van der Waals surface area contributed by atoms with Crippen molar-refractivity contribution < 1.29 is 28.2 Å². The summed E-state index contributed by atoms with van der Waals surface area (Å²) in [6.07, 6.45) is -4.55. The molecule has 0 spiro atoms. The lowest BCUT2D eigenvalue weighted by Crippen LogP contribution is -2.49. The lowest BCUT2D eigenvalue weighted by atomic mass is 10.1. The molecule has 7 heteroatoms. The van der Waals surface area contributed by atoms with Crippen LogP contribution >= 0.6 is 0 Å². The van der Waals surface area contributed by atoms with Gasteiger partial charge in [0.25, 0.3) is 5.91 Å². The monoisotopic (exact) mass is 229 g/mol. The van der Waals surface area contributed by atoms with Crippen LogP contribution in [0.15, 0.2) is 0 Å². The second kappa shape index (κ2) is 4.80. The van der Waals surface area contributed by atoms with Crippen LogP contribution in [-0.4, -0.2) is 52.5 Å². The molecule has 0 aliphatic carbocycles. The number of rotatable bonds is 4. The number of hydrogen-bond donors (Lipinski definition) is 2. The average Bonchev–Trinajstić information content (AvgIpc) is 1.98. The summed E-state index contributed by atoms with van der Waals surface area (Å²) >= 11 is 0. The zero-order valence-corrected chi connectivity index (χ0v) is 8.51. The second-order valence-corrected chi connectivity index (χ2v) is 3.62. The number of carbonyl (C=O) groups is 1. The lowest BCUT2D eigenvalue weighted by Gasteiger charge is -2.28. The molecular weight excluding hydrogens is 215 g/mol. The van der Waals surface area contributed by atoms with Crippen molar-refractivity contribution >= 4 is 5.91 Å². The zero-order chi connectivity index (χ0) is 12.3. The lowest BCUT2D eigenvalue weighted by molar-refractivity contribution is -0.172. The van der Waals surface area contributed by atoms with Gasteiger partial charge in [-0.15, -0.1) is 0 Å². The van der Waals surface area contributed by atoms with E-state index in [1.54, 1.807) is 0 Å². The Labute approximate surface area is 85.3 Å². The predicted octanol–water partition coefficient (Wildman–Crippen LogP) is 0.141. The van der Waals surface area contributed by atoms with Crippen molar-refractivity contribution in [3.8, 4) is 0 Å². The highest BCUT2D eigenvalue weighted by atomic mass is 19.4. The Bertz CT molecular complexity index is 222. The third-order valence-electron chi connectivity index (χ3n) is 1.55. The van der Waals surface area contributed by atoms with Gasteiger partial charge in [0.05, 0.1) is 6.61 Å². The average molecular weight is 229 g/mol. The van der Waals surface area contributed by atoms with Gasteiger partial charge in [0.2, 0.25) is 0 Å². The smallest absolute Gasteiger partial charge is 0.395 e. The molecule has 0 aliphatic heterocycles. The van der Waals surface area contributed by atoms with Gasteiger partial charge in [-0.2, -0.15) is 13.2 Å². The fourth-order valence-electron chi connectivity index (χ4n) is 0.976. The first-order valence-electron chi connectivity index (χ1n) is 4.27. The molecule has 0 aromatic carbocycles. The third kappa shape index (κ3) is 5.58. The fraction of sp³-hybridized carbons (Fsp3) is 0.875. The van der Waals surface area contributed by atoms with Gasteiger partial charge < -0.3 is 15.1 Å². The van der Waals surface area contributed by atoms with Gasteiger partial charge in [0.15, 0.2) is 0 Å². The van der Waals surface area contributed by atoms with Crippen molar-refractivity contribution in [2.45, 2.75) is 25.6 Å². The number of halogens is 3. The Kier molecular flexibility index (Phi) is 4.54. The number of hydrogen-bond acceptors (Lipinski definition) is 3. The van der Waals surface area contributed by atoms with Crippen molar-refractivity contribution in [1.82, 2.24) is 4.90 Å². The quantitative estimate of drug-likeness (QED) is 0.721. The normalized spacial score (nSPS) is 12.7. The molecule has 0 unspecified atom stereocenters. The molecule has 4 nitrogen and oxygen atoms in total. The first kappa shape index (κ1) is 14.2. The molecule has 0 aromatic rings. The maximum Gasteiger partial charge on any atom is 0.406 e. The molecule has 0 aliphatic rings. The Morgan fingerprint density at radius 1 is 1.33 bits per heavy atom. The Morgan fingerprint density at radius 2 is 1.80 bits per heavy atom. The van der Waals surface area contributed by atoms with E-state index in [2.05, 4.69) is 0 Å². The van der Waals surface area contributed by atoms with E-state index in [9.17, 15) is 23.1 Å². The van der Waals surface area contributed by atoms with Crippen molar-refractivity contribution in [3.05, 3.63) is 0 Å². The molecule has 0 bridgehead atoms. The summed E-state index contributed by atoms with van der Waals surface area (Å²) in [5.74, 6) is -1.06. The summed E-state index contributed by atoms with van der Waals surface area (Å²) in [6, 6.07) is 0. The van der Waals surface area contributed by atoms with E-state index in [0.717, 1.165) is 13.8 Å². The largest absolute Gasteiger partial charge is 0.406 e. The highest BCUT2D eigenvalue weighted by Crippen LogP contribution is 2.18. The van der Waals surface area contributed by atoms with Crippen molar-refractivity contribution in [2.24, 2.45) is 0 Å². The van der Waals surface area contributed by atoms with Gasteiger partial charge in [0.1, 0.15) is 12.1 Å². The number of aliphatic hydroxyl groups excluding tert-OH is 1. The minimum absolute atomic E-state index is 0.375. The van der Waals surface area contributed by atoms with E-state index in [4.69, 9.17) is 5.11 Å². The Morgan fingerprint density at radius 3 is 2.07 bits per heavy atom. The molecule has 0 saturated heterocycles. The second-order valence-electron chi connectivity index (χ2n) is 3.62. The molecule has 0 atom stereocenters. The standard InChI is InChI=1S/C8H14F3NO3/c1-7(2,15)6(14)12(3-4-13)5-8(9,10)11/h13,15H,3-5H2,1-2H3. The fourth-order valence-corrected chi connectivity index (χ4v) is 0.976. The summed E-state index contributed by atoms with van der Waals surface area (Å²) in [5, 5.41) is 17.7. The van der Waals surface area contributed by atoms with Crippen molar-refractivity contribution in [1.29, 1.82) is 0 Å². The Balaban J connectivity index is 4.60. The SMILES string of the molecule is CC(C)(O)C(=O)N(CCO)CC(F)(F)F. The molecule has 0 rings (SSSR count). The summed E-state index contributed by atoms with van der Waals surface area (Å²) < 4.78 is 36.1. The van der Waals surface area contributed by atoms with Gasteiger partial charge in [-0.05, 0) is 13.8 Å². The highest BCUT2D eigenvalue weighted by Gasteiger charge is 2.37. The van der Waals surface area contributed by atoms with Crippen LogP contribution in [0.2, 0.25) is 0 Å². The number of alkyl halides is 3. The maximum atomic E-state index is 12.0. The van der Waals surface area contributed by atoms with Crippen molar-refractivity contribution in [2.75, 3.05) is 19.7 Å². The molecule has 1 amide bonds.